The minimum atomic E-state index is -1.23. The molecule has 0 saturated carbocycles. The number of hydrogen-bond donors (Lipinski definition) is 1. The lowest BCUT2D eigenvalue weighted by atomic mass is 9.72. The van der Waals surface area contributed by atoms with E-state index >= 15 is 0 Å². The van der Waals surface area contributed by atoms with Gasteiger partial charge in [0.05, 0.1) is 12.0 Å². The molecule has 3 heterocycles. The summed E-state index contributed by atoms with van der Waals surface area (Å²) in [5.74, 6) is 2.05. The third-order valence-corrected chi connectivity index (χ3v) is 6.03. The van der Waals surface area contributed by atoms with Crippen LogP contribution in [0, 0.1) is 11.8 Å². The van der Waals surface area contributed by atoms with E-state index in [4.69, 9.17) is 9.98 Å². The molecule has 0 aromatic carbocycles. The van der Waals surface area contributed by atoms with Gasteiger partial charge in [-0.15, -0.1) is 0 Å². The van der Waals surface area contributed by atoms with Gasteiger partial charge in [0, 0.05) is 31.6 Å². The van der Waals surface area contributed by atoms with Crippen LogP contribution in [0.2, 0.25) is 0 Å². The van der Waals surface area contributed by atoms with Crippen LogP contribution in [0.1, 0.15) is 25.7 Å². The number of nitrogens with zero attached hydrogens (tertiary/aromatic N) is 3. The summed E-state index contributed by atoms with van der Waals surface area (Å²) in [5.41, 5.74) is 3.06. The van der Waals surface area contributed by atoms with Crippen LogP contribution in [-0.2, 0) is 0 Å². The molecule has 0 spiro atoms. The Labute approximate surface area is 151 Å². The molecule has 4 nitrogen and oxygen atoms in total. The molecule has 5 rings (SSSR count). The lowest BCUT2D eigenvalue weighted by Crippen LogP contribution is -2.57. The van der Waals surface area contributed by atoms with Gasteiger partial charge in [-0.1, -0.05) is 6.08 Å². The largest absolute Gasteiger partial charge is 0.390 e. The lowest BCUT2D eigenvalue weighted by Gasteiger charge is -2.51. The molecule has 1 saturated heterocycles. The fourth-order valence-electron chi connectivity index (χ4n) is 4.78. The van der Waals surface area contributed by atoms with Crippen molar-refractivity contribution in [2.45, 2.75) is 37.9 Å². The van der Waals surface area contributed by atoms with E-state index in [0.717, 1.165) is 60.4 Å². The second-order valence-electron chi connectivity index (χ2n) is 7.65. The van der Waals surface area contributed by atoms with E-state index < -0.39 is 12.0 Å². The SMILES string of the molecule is CN1C2=NC(C3CC=CNC3)=NC3CCC(C4=CC(F)=CC(F)C4)=C1C23. The number of rotatable bonds is 2. The van der Waals surface area contributed by atoms with Crippen molar-refractivity contribution in [2.24, 2.45) is 21.8 Å². The van der Waals surface area contributed by atoms with Crippen LogP contribution in [0.15, 0.2) is 57.1 Å². The van der Waals surface area contributed by atoms with Crippen LogP contribution in [0.4, 0.5) is 8.78 Å². The zero-order valence-corrected chi connectivity index (χ0v) is 14.8. The maximum atomic E-state index is 13.8. The molecule has 0 radical (unpaired) electrons. The van der Waals surface area contributed by atoms with Crippen LogP contribution < -0.4 is 5.32 Å². The van der Waals surface area contributed by atoms with Gasteiger partial charge in [0.1, 0.15) is 23.7 Å². The van der Waals surface area contributed by atoms with E-state index in [2.05, 4.69) is 16.3 Å². The zero-order chi connectivity index (χ0) is 17.8. The van der Waals surface area contributed by atoms with Crippen molar-refractivity contribution in [3.8, 4) is 0 Å². The molecule has 4 unspecified atom stereocenters. The molecular formula is C20H22F2N4. The molecule has 136 valence electrons. The van der Waals surface area contributed by atoms with Crippen LogP contribution in [0.5, 0.6) is 0 Å². The number of aliphatic imine (C=N–C) groups is 2. The normalized spacial score (nSPS) is 35.6. The topological polar surface area (TPSA) is 40.0 Å². The monoisotopic (exact) mass is 356 g/mol. The number of likely N-dealkylation sites (tertiary alicyclic amines) is 1. The molecule has 0 aromatic heterocycles. The summed E-state index contributed by atoms with van der Waals surface area (Å²) in [6.45, 7) is 0.873. The summed E-state index contributed by atoms with van der Waals surface area (Å²) < 4.78 is 27.5. The molecule has 3 aliphatic heterocycles. The van der Waals surface area contributed by atoms with E-state index in [1.807, 2.05) is 13.2 Å². The Bertz CT molecular complexity index is 833. The summed E-state index contributed by atoms with van der Waals surface area (Å²) in [6, 6.07) is 0.212. The molecule has 26 heavy (non-hydrogen) atoms. The minimum Gasteiger partial charge on any atom is -0.390 e. The first-order valence-corrected chi connectivity index (χ1v) is 9.35. The third-order valence-electron chi connectivity index (χ3n) is 6.03. The fourth-order valence-corrected chi connectivity index (χ4v) is 4.78. The van der Waals surface area contributed by atoms with Crippen molar-refractivity contribution in [1.29, 1.82) is 0 Å². The van der Waals surface area contributed by atoms with Crippen molar-refractivity contribution in [1.82, 2.24) is 10.2 Å². The van der Waals surface area contributed by atoms with Gasteiger partial charge in [-0.05, 0) is 48.8 Å². The van der Waals surface area contributed by atoms with Gasteiger partial charge in [-0.25, -0.2) is 13.8 Å². The maximum absolute atomic E-state index is 13.8. The first-order chi connectivity index (χ1) is 12.6. The number of alkyl halides is 1. The Morgan fingerprint density at radius 3 is 3.00 bits per heavy atom. The van der Waals surface area contributed by atoms with Crippen molar-refractivity contribution >= 4 is 11.7 Å². The predicted molar refractivity (Wildman–Crippen MR) is 98.2 cm³/mol. The van der Waals surface area contributed by atoms with Crippen molar-refractivity contribution < 1.29 is 8.78 Å². The Morgan fingerprint density at radius 1 is 1.35 bits per heavy atom. The predicted octanol–water partition coefficient (Wildman–Crippen LogP) is 3.42. The highest BCUT2D eigenvalue weighted by atomic mass is 19.1. The average Bonchev–Trinajstić information content (AvgIpc) is 2.65. The summed E-state index contributed by atoms with van der Waals surface area (Å²) >= 11 is 0. The van der Waals surface area contributed by atoms with Gasteiger partial charge < -0.3 is 10.2 Å². The highest BCUT2D eigenvalue weighted by Gasteiger charge is 2.50. The van der Waals surface area contributed by atoms with Gasteiger partial charge in [0.15, 0.2) is 0 Å². The molecule has 1 fully saturated rings. The molecule has 5 aliphatic rings. The highest BCUT2D eigenvalue weighted by molar-refractivity contribution is 6.07. The molecule has 0 aromatic rings. The van der Waals surface area contributed by atoms with E-state index in [-0.39, 0.29) is 18.4 Å². The van der Waals surface area contributed by atoms with Gasteiger partial charge in [0.2, 0.25) is 0 Å². The van der Waals surface area contributed by atoms with Crippen LogP contribution in [0.25, 0.3) is 0 Å². The first-order valence-electron chi connectivity index (χ1n) is 9.35. The quantitative estimate of drug-likeness (QED) is 0.824. The Hall–Kier alpha value is -2.24. The smallest absolute Gasteiger partial charge is 0.130 e. The summed E-state index contributed by atoms with van der Waals surface area (Å²) in [7, 11) is 2.01. The number of hydrogen-bond acceptors (Lipinski definition) is 4. The zero-order valence-electron chi connectivity index (χ0n) is 14.8. The molecule has 1 N–H and O–H groups in total. The molecule has 4 atom stereocenters. The molecule has 2 aliphatic carbocycles. The number of halogens is 2. The van der Waals surface area contributed by atoms with Crippen LogP contribution >= 0.6 is 0 Å². The van der Waals surface area contributed by atoms with Crippen molar-refractivity contribution in [3.05, 3.63) is 47.1 Å². The Morgan fingerprint density at radius 2 is 2.23 bits per heavy atom. The molecule has 6 heteroatoms. The summed E-state index contributed by atoms with van der Waals surface area (Å²) in [6.07, 6.45) is 8.40. The fraction of sp³-hybridized carbons (Fsp3) is 0.500. The highest BCUT2D eigenvalue weighted by Crippen LogP contribution is 2.48. The van der Waals surface area contributed by atoms with E-state index in [1.165, 1.54) is 6.08 Å². The minimum absolute atomic E-state index is 0.188. The lowest BCUT2D eigenvalue weighted by molar-refractivity contribution is 0.330. The standard InChI is InChI=1S/C20H22F2N4/c1-26-18-15(12-7-13(21)9-14(22)8-12)4-5-16-17(18)20(26)25-19(24-16)11-3-2-6-23-10-11/h2,6-7,9,11,14,16-17,23H,3-5,8,10H2,1H3. The van der Waals surface area contributed by atoms with E-state index in [1.54, 1.807) is 0 Å². The number of allylic oxidation sites excluding steroid dienone is 6. The summed E-state index contributed by atoms with van der Waals surface area (Å²) in [4.78, 5) is 11.9. The Kier molecular flexibility index (Phi) is 3.62. The maximum Gasteiger partial charge on any atom is 0.130 e. The first kappa shape index (κ1) is 16.0. The van der Waals surface area contributed by atoms with Gasteiger partial charge in [-0.3, -0.25) is 4.99 Å². The third kappa shape index (κ3) is 2.38. The second kappa shape index (κ2) is 5.89. The Balaban J connectivity index is 1.47. The van der Waals surface area contributed by atoms with E-state index in [9.17, 15) is 8.78 Å². The van der Waals surface area contributed by atoms with Crippen molar-refractivity contribution in [3.63, 3.8) is 0 Å². The van der Waals surface area contributed by atoms with Crippen LogP contribution in [-0.4, -0.2) is 42.4 Å². The van der Waals surface area contributed by atoms with E-state index in [0.29, 0.717) is 5.92 Å². The van der Waals surface area contributed by atoms with Gasteiger partial charge >= 0.3 is 0 Å². The molecule has 0 amide bonds. The van der Waals surface area contributed by atoms with Crippen LogP contribution in [0.3, 0.4) is 0 Å². The summed E-state index contributed by atoms with van der Waals surface area (Å²) in [5, 5.41) is 3.26. The average molecular weight is 356 g/mol. The number of nitrogens with one attached hydrogen (secondary N) is 1. The van der Waals surface area contributed by atoms with Gasteiger partial charge in [0.25, 0.3) is 0 Å². The number of amidine groups is 2. The van der Waals surface area contributed by atoms with Gasteiger partial charge in [-0.2, -0.15) is 0 Å². The van der Waals surface area contributed by atoms with Crippen molar-refractivity contribution in [2.75, 3.05) is 13.6 Å². The molecule has 0 bridgehead atoms. The molecular weight excluding hydrogens is 334 g/mol. The second-order valence-corrected chi connectivity index (χ2v) is 7.65.